The van der Waals surface area contributed by atoms with Crippen LogP contribution in [0.2, 0.25) is 0 Å². The molecule has 1 saturated heterocycles. The molecule has 0 saturated carbocycles. The summed E-state index contributed by atoms with van der Waals surface area (Å²) >= 11 is 0. The maximum absolute atomic E-state index is 12.7. The molecule has 2 aromatic rings. The summed E-state index contributed by atoms with van der Waals surface area (Å²) in [6, 6.07) is 11.6. The first-order valence-corrected chi connectivity index (χ1v) is 9.69. The van der Waals surface area contributed by atoms with Crippen molar-refractivity contribution >= 4 is 29.1 Å². The Balaban J connectivity index is 1.49. The molecule has 7 heteroatoms. The number of anilines is 2. The molecule has 0 spiro atoms. The van der Waals surface area contributed by atoms with E-state index in [-0.39, 0.29) is 29.6 Å². The number of imide groups is 1. The molecule has 3 amide bonds. The van der Waals surface area contributed by atoms with Crippen LogP contribution >= 0.6 is 0 Å². The molecule has 1 aliphatic carbocycles. The molecule has 2 atom stereocenters. The van der Waals surface area contributed by atoms with Crippen LogP contribution in [0, 0.1) is 11.8 Å². The summed E-state index contributed by atoms with van der Waals surface area (Å²) in [5, 5.41) is 2.80. The third-order valence-electron chi connectivity index (χ3n) is 5.54. The van der Waals surface area contributed by atoms with E-state index >= 15 is 0 Å². The number of ether oxygens (including phenoxy) is 2. The van der Waals surface area contributed by atoms with Gasteiger partial charge in [0.05, 0.1) is 31.7 Å². The Hall–Kier alpha value is -3.61. The molecule has 1 N–H and O–H groups in total. The molecule has 1 fully saturated rings. The van der Waals surface area contributed by atoms with E-state index in [1.165, 1.54) is 12.0 Å². The molecular formula is C23H22N2O5. The van der Waals surface area contributed by atoms with Gasteiger partial charge in [0.1, 0.15) is 0 Å². The molecule has 154 valence electrons. The lowest BCUT2D eigenvalue weighted by Crippen LogP contribution is -2.30. The van der Waals surface area contributed by atoms with E-state index < -0.39 is 0 Å². The molecule has 4 rings (SSSR count). The van der Waals surface area contributed by atoms with Crippen LogP contribution in [-0.4, -0.2) is 31.9 Å². The maximum atomic E-state index is 12.7. The smallest absolute Gasteiger partial charge is 0.255 e. The minimum atomic E-state index is -0.314. The number of benzene rings is 2. The van der Waals surface area contributed by atoms with E-state index in [1.807, 2.05) is 12.2 Å². The molecule has 1 heterocycles. The van der Waals surface area contributed by atoms with Gasteiger partial charge in [0.25, 0.3) is 5.91 Å². The highest BCUT2D eigenvalue weighted by Gasteiger charge is 2.47. The summed E-state index contributed by atoms with van der Waals surface area (Å²) in [6.07, 6.45) is 5.10. The number of methoxy groups -OCH3 is 2. The second-order valence-corrected chi connectivity index (χ2v) is 7.24. The predicted molar refractivity (Wildman–Crippen MR) is 112 cm³/mol. The summed E-state index contributed by atoms with van der Waals surface area (Å²) in [5.74, 6) is -0.145. The van der Waals surface area contributed by atoms with Gasteiger partial charge in [-0.1, -0.05) is 12.2 Å². The minimum Gasteiger partial charge on any atom is -0.493 e. The second kappa shape index (κ2) is 8.02. The molecule has 0 radical (unpaired) electrons. The van der Waals surface area contributed by atoms with E-state index in [2.05, 4.69) is 5.32 Å². The summed E-state index contributed by atoms with van der Waals surface area (Å²) in [6.45, 7) is 0. The van der Waals surface area contributed by atoms with Crippen LogP contribution in [0.1, 0.15) is 23.2 Å². The van der Waals surface area contributed by atoms with Crippen molar-refractivity contribution in [2.24, 2.45) is 11.8 Å². The van der Waals surface area contributed by atoms with Crippen LogP contribution in [-0.2, 0) is 9.59 Å². The number of carbonyl (C=O) groups is 3. The lowest BCUT2D eigenvalue weighted by Gasteiger charge is -2.15. The van der Waals surface area contributed by atoms with Crippen LogP contribution in [0.25, 0.3) is 0 Å². The van der Waals surface area contributed by atoms with E-state index in [0.29, 0.717) is 41.3 Å². The Morgan fingerprint density at radius 2 is 1.50 bits per heavy atom. The van der Waals surface area contributed by atoms with E-state index in [4.69, 9.17) is 9.47 Å². The fourth-order valence-electron chi connectivity index (χ4n) is 3.93. The Morgan fingerprint density at radius 3 is 2.07 bits per heavy atom. The van der Waals surface area contributed by atoms with Crippen LogP contribution in [0.3, 0.4) is 0 Å². The van der Waals surface area contributed by atoms with Crippen molar-refractivity contribution in [1.82, 2.24) is 0 Å². The average Bonchev–Trinajstić information content (AvgIpc) is 3.04. The lowest BCUT2D eigenvalue weighted by atomic mass is 9.85. The van der Waals surface area contributed by atoms with E-state index in [0.717, 1.165) is 0 Å². The first-order valence-electron chi connectivity index (χ1n) is 9.69. The largest absolute Gasteiger partial charge is 0.493 e. The Morgan fingerprint density at radius 1 is 0.900 bits per heavy atom. The van der Waals surface area contributed by atoms with Gasteiger partial charge in [0, 0.05) is 17.3 Å². The monoisotopic (exact) mass is 406 g/mol. The number of carbonyl (C=O) groups excluding carboxylic acids is 3. The summed E-state index contributed by atoms with van der Waals surface area (Å²) in [4.78, 5) is 39.2. The third-order valence-corrected chi connectivity index (χ3v) is 5.54. The quantitative estimate of drug-likeness (QED) is 0.608. The van der Waals surface area contributed by atoms with E-state index in [1.54, 1.807) is 49.6 Å². The highest BCUT2D eigenvalue weighted by molar-refractivity contribution is 6.22. The van der Waals surface area contributed by atoms with Crippen LogP contribution in [0.5, 0.6) is 11.5 Å². The van der Waals surface area contributed by atoms with Crippen LogP contribution in [0.15, 0.2) is 54.6 Å². The van der Waals surface area contributed by atoms with Gasteiger partial charge in [-0.05, 0) is 49.2 Å². The second-order valence-electron chi connectivity index (χ2n) is 7.24. The SMILES string of the molecule is COc1ccc(NC(=O)c2ccc(N3C(=O)C4CC=CCC4C3=O)cc2)cc1OC. The van der Waals surface area contributed by atoms with Crippen molar-refractivity contribution < 1.29 is 23.9 Å². The van der Waals surface area contributed by atoms with Crippen molar-refractivity contribution in [2.75, 3.05) is 24.4 Å². The number of hydrogen-bond acceptors (Lipinski definition) is 5. The van der Waals surface area contributed by atoms with Crippen molar-refractivity contribution in [2.45, 2.75) is 12.8 Å². The van der Waals surface area contributed by atoms with Crippen LogP contribution < -0.4 is 19.7 Å². The van der Waals surface area contributed by atoms with Gasteiger partial charge >= 0.3 is 0 Å². The highest BCUT2D eigenvalue weighted by atomic mass is 16.5. The molecule has 30 heavy (non-hydrogen) atoms. The fraction of sp³-hybridized carbons (Fsp3) is 0.261. The molecule has 7 nitrogen and oxygen atoms in total. The molecule has 2 aliphatic rings. The van der Waals surface area contributed by atoms with Crippen molar-refractivity contribution in [3.8, 4) is 11.5 Å². The van der Waals surface area contributed by atoms with Crippen LogP contribution in [0.4, 0.5) is 11.4 Å². The summed E-state index contributed by atoms with van der Waals surface area (Å²) in [7, 11) is 3.06. The van der Waals surface area contributed by atoms with Gasteiger partial charge in [-0.2, -0.15) is 0 Å². The number of amides is 3. The molecule has 2 aromatic carbocycles. The number of hydrogen-bond donors (Lipinski definition) is 1. The van der Waals surface area contributed by atoms with E-state index in [9.17, 15) is 14.4 Å². The molecular weight excluding hydrogens is 384 g/mol. The zero-order valence-corrected chi connectivity index (χ0v) is 16.8. The number of nitrogens with one attached hydrogen (secondary N) is 1. The van der Waals surface area contributed by atoms with Gasteiger partial charge in [-0.15, -0.1) is 0 Å². The normalized spacial score (nSPS) is 20.1. The molecule has 0 bridgehead atoms. The zero-order chi connectivity index (χ0) is 21.3. The van der Waals surface area contributed by atoms with Gasteiger partial charge in [0.15, 0.2) is 11.5 Å². The van der Waals surface area contributed by atoms with Gasteiger partial charge in [-0.25, -0.2) is 0 Å². The van der Waals surface area contributed by atoms with Crippen molar-refractivity contribution in [1.29, 1.82) is 0 Å². The predicted octanol–water partition coefficient (Wildman–Crippen LogP) is 3.41. The van der Waals surface area contributed by atoms with Gasteiger partial charge in [-0.3, -0.25) is 19.3 Å². The molecule has 1 aliphatic heterocycles. The number of rotatable bonds is 5. The first kappa shape index (κ1) is 19.7. The van der Waals surface area contributed by atoms with Gasteiger partial charge < -0.3 is 14.8 Å². The number of nitrogens with zero attached hydrogens (tertiary/aromatic N) is 1. The minimum absolute atomic E-state index is 0.170. The number of allylic oxidation sites excluding steroid dienone is 2. The summed E-state index contributed by atoms with van der Waals surface area (Å²) < 4.78 is 10.4. The molecule has 0 aromatic heterocycles. The third kappa shape index (κ3) is 3.43. The zero-order valence-electron chi connectivity index (χ0n) is 16.8. The van der Waals surface area contributed by atoms with Crippen molar-refractivity contribution in [3.05, 3.63) is 60.2 Å². The Kier molecular flexibility index (Phi) is 5.27. The Bertz CT molecular complexity index is 1000. The summed E-state index contributed by atoms with van der Waals surface area (Å²) in [5.41, 5.74) is 1.46. The topological polar surface area (TPSA) is 84.9 Å². The maximum Gasteiger partial charge on any atom is 0.255 e. The fourth-order valence-corrected chi connectivity index (χ4v) is 3.93. The van der Waals surface area contributed by atoms with Gasteiger partial charge in [0.2, 0.25) is 11.8 Å². The standard InChI is InChI=1S/C23H22N2O5/c1-29-19-12-9-15(13-20(19)30-2)24-21(26)14-7-10-16(11-8-14)25-22(27)17-5-3-4-6-18(17)23(25)28/h3-4,7-13,17-18H,5-6H2,1-2H3,(H,24,26). The first-order chi connectivity index (χ1) is 14.5. The Labute approximate surface area is 174 Å². The highest BCUT2D eigenvalue weighted by Crippen LogP contribution is 2.37. The molecule has 2 unspecified atom stereocenters. The average molecular weight is 406 g/mol. The van der Waals surface area contributed by atoms with Crippen molar-refractivity contribution in [3.63, 3.8) is 0 Å². The number of fused-ring (bicyclic) bond motifs is 1. The lowest BCUT2D eigenvalue weighted by molar-refractivity contribution is -0.122.